The van der Waals surface area contributed by atoms with Crippen LogP contribution in [0, 0.1) is 6.92 Å². The number of carbonyl (C=O) groups is 1. The van der Waals surface area contributed by atoms with E-state index in [9.17, 15) is 4.79 Å². The van der Waals surface area contributed by atoms with Crippen LogP contribution < -0.4 is 10.1 Å². The number of ketones is 1. The van der Waals surface area contributed by atoms with Gasteiger partial charge < -0.3 is 10.1 Å². The highest BCUT2D eigenvalue weighted by Gasteiger charge is 2.21. The Morgan fingerprint density at radius 3 is 2.82 bits per heavy atom. The lowest BCUT2D eigenvalue weighted by molar-refractivity contribution is 0.0990. The molecule has 0 spiro atoms. The van der Waals surface area contributed by atoms with Crippen molar-refractivity contribution in [2.75, 3.05) is 13.2 Å². The smallest absolute Gasteiger partial charge is 0.176 e. The van der Waals surface area contributed by atoms with Gasteiger partial charge in [-0.25, -0.2) is 0 Å². The SMILES string of the molecule is CCOc1ccc(C(=O)CNC2CC2)cc1C. The summed E-state index contributed by atoms with van der Waals surface area (Å²) >= 11 is 0. The third kappa shape index (κ3) is 3.30. The first-order valence-corrected chi connectivity index (χ1v) is 6.20. The van der Waals surface area contributed by atoms with Crippen molar-refractivity contribution < 1.29 is 9.53 Å². The number of aryl methyl sites for hydroxylation is 1. The number of rotatable bonds is 6. The van der Waals surface area contributed by atoms with E-state index >= 15 is 0 Å². The second-order valence-electron chi connectivity index (χ2n) is 4.49. The highest BCUT2D eigenvalue weighted by atomic mass is 16.5. The molecule has 3 heteroatoms. The predicted molar refractivity (Wildman–Crippen MR) is 67.7 cm³/mol. The highest BCUT2D eigenvalue weighted by Crippen LogP contribution is 2.20. The zero-order valence-electron chi connectivity index (χ0n) is 10.5. The Morgan fingerprint density at radius 1 is 1.47 bits per heavy atom. The molecular formula is C14H19NO2. The monoisotopic (exact) mass is 233 g/mol. The maximum atomic E-state index is 11.9. The fraction of sp³-hybridized carbons (Fsp3) is 0.500. The van der Waals surface area contributed by atoms with Gasteiger partial charge in [0.1, 0.15) is 5.75 Å². The number of hydrogen-bond donors (Lipinski definition) is 1. The van der Waals surface area contributed by atoms with Crippen LogP contribution in [-0.4, -0.2) is 25.0 Å². The van der Waals surface area contributed by atoms with Crippen molar-refractivity contribution in [3.8, 4) is 5.75 Å². The van der Waals surface area contributed by atoms with Crippen LogP contribution in [0.4, 0.5) is 0 Å². The molecule has 1 saturated carbocycles. The van der Waals surface area contributed by atoms with E-state index in [0.717, 1.165) is 16.9 Å². The molecule has 0 atom stereocenters. The number of carbonyl (C=O) groups excluding carboxylic acids is 1. The fourth-order valence-corrected chi connectivity index (χ4v) is 1.77. The lowest BCUT2D eigenvalue weighted by atomic mass is 10.1. The van der Waals surface area contributed by atoms with E-state index in [0.29, 0.717) is 19.2 Å². The summed E-state index contributed by atoms with van der Waals surface area (Å²) in [7, 11) is 0. The Bertz CT molecular complexity index is 411. The van der Waals surface area contributed by atoms with Crippen molar-refractivity contribution in [2.24, 2.45) is 0 Å². The largest absolute Gasteiger partial charge is 0.494 e. The topological polar surface area (TPSA) is 38.3 Å². The first-order chi connectivity index (χ1) is 8.20. The van der Waals surface area contributed by atoms with Gasteiger partial charge in [-0.2, -0.15) is 0 Å². The minimum atomic E-state index is 0.156. The maximum absolute atomic E-state index is 11.9. The Balaban J connectivity index is 1.99. The Kier molecular flexibility index (Phi) is 3.79. The summed E-state index contributed by atoms with van der Waals surface area (Å²) in [5, 5.41) is 3.23. The number of hydrogen-bond acceptors (Lipinski definition) is 3. The van der Waals surface area contributed by atoms with Crippen LogP contribution in [0.25, 0.3) is 0 Å². The molecule has 0 bridgehead atoms. The molecule has 0 amide bonds. The van der Waals surface area contributed by atoms with Crippen molar-refractivity contribution in [1.82, 2.24) is 5.32 Å². The molecule has 0 heterocycles. The number of benzene rings is 1. The van der Waals surface area contributed by atoms with Gasteiger partial charge in [0, 0.05) is 11.6 Å². The zero-order chi connectivity index (χ0) is 12.3. The van der Waals surface area contributed by atoms with Crippen LogP contribution in [0.5, 0.6) is 5.75 Å². The minimum Gasteiger partial charge on any atom is -0.494 e. The van der Waals surface area contributed by atoms with Crippen LogP contribution in [0.2, 0.25) is 0 Å². The second kappa shape index (κ2) is 5.32. The van der Waals surface area contributed by atoms with Crippen molar-refractivity contribution >= 4 is 5.78 Å². The van der Waals surface area contributed by atoms with Crippen molar-refractivity contribution in [1.29, 1.82) is 0 Å². The Labute approximate surface area is 102 Å². The Morgan fingerprint density at radius 2 is 2.24 bits per heavy atom. The molecule has 1 aromatic rings. The summed E-state index contributed by atoms with van der Waals surface area (Å²) in [6.45, 7) is 5.02. The van der Waals surface area contributed by atoms with Crippen molar-refractivity contribution in [3.05, 3.63) is 29.3 Å². The third-order valence-electron chi connectivity index (χ3n) is 2.93. The van der Waals surface area contributed by atoms with E-state index < -0.39 is 0 Å². The van der Waals surface area contributed by atoms with E-state index in [1.165, 1.54) is 12.8 Å². The van der Waals surface area contributed by atoms with Gasteiger partial charge in [-0.1, -0.05) is 0 Å². The van der Waals surface area contributed by atoms with Crippen molar-refractivity contribution in [3.63, 3.8) is 0 Å². The molecule has 1 aromatic carbocycles. The quantitative estimate of drug-likeness (QED) is 0.766. The van der Waals surface area contributed by atoms with Crippen LogP contribution >= 0.6 is 0 Å². The maximum Gasteiger partial charge on any atom is 0.176 e. The molecule has 17 heavy (non-hydrogen) atoms. The molecule has 2 rings (SSSR count). The summed E-state index contributed by atoms with van der Waals surface area (Å²) < 4.78 is 5.45. The van der Waals surface area contributed by atoms with Gasteiger partial charge in [0.15, 0.2) is 5.78 Å². The minimum absolute atomic E-state index is 0.156. The molecule has 1 fully saturated rings. The van der Waals surface area contributed by atoms with E-state index in [2.05, 4.69) is 5.32 Å². The molecular weight excluding hydrogens is 214 g/mol. The number of ether oxygens (including phenoxy) is 1. The van der Waals surface area contributed by atoms with Crippen LogP contribution in [-0.2, 0) is 0 Å². The average Bonchev–Trinajstić information content (AvgIpc) is 3.13. The summed E-state index contributed by atoms with van der Waals surface area (Å²) in [5.41, 5.74) is 1.78. The molecule has 1 N–H and O–H groups in total. The normalized spacial score (nSPS) is 14.7. The molecule has 1 aliphatic carbocycles. The van der Waals surface area contributed by atoms with Gasteiger partial charge in [0.05, 0.1) is 13.2 Å². The number of Topliss-reactive ketones (excluding diaryl/α,β-unsaturated/α-hetero) is 1. The summed E-state index contributed by atoms with van der Waals surface area (Å²) in [5.74, 6) is 1.02. The first-order valence-electron chi connectivity index (χ1n) is 6.20. The van der Waals surface area contributed by atoms with Gasteiger partial charge >= 0.3 is 0 Å². The van der Waals surface area contributed by atoms with Gasteiger partial charge in [-0.15, -0.1) is 0 Å². The van der Waals surface area contributed by atoms with Crippen molar-refractivity contribution in [2.45, 2.75) is 32.7 Å². The van der Waals surface area contributed by atoms with Crippen LogP contribution in [0.1, 0.15) is 35.7 Å². The van der Waals surface area contributed by atoms with E-state index in [1.54, 1.807) is 0 Å². The molecule has 0 saturated heterocycles. The highest BCUT2D eigenvalue weighted by molar-refractivity contribution is 5.98. The Hall–Kier alpha value is -1.35. The first kappa shape index (κ1) is 12.1. The van der Waals surface area contributed by atoms with Gasteiger partial charge in [-0.3, -0.25) is 4.79 Å². The molecule has 0 aromatic heterocycles. The van der Waals surface area contributed by atoms with Crippen LogP contribution in [0.15, 0.2) is 18.2 Å². The third-order valence-corrected chi connectivity index (χ3v) is 2.93. The van der Waals surface area contributed by atoms with Gasteiger partial charge in [-0.05, 0) is 50.5 Å². The lowest BCUT2D eigenvalue weighted by Gasteiger charge is -2.08. The summed E-state index contributed by atoms with van der Waals surface area (Å²) in [6.07, 6.45) is 2.41. The standard InChI is InChI=1S/C14H19NO2/c1-3-17-14-7-4-11(8-10(14)2)13(16)9-15-12-5-6-12/h4,7-8,12,15H,3,5-6,9H2,1-2H3. The zero-order valence-corrected chi connectivity index (χ0v) is 10.5. The molecule has 0 aliphatic heterocycles. The molecule has 0 radical (unpaired) electrons. The number of nitrogens with one attached hydrogen (secondary N) is 1. The van der Waals surface area contributed by atoms with Crippen LogP contribution in [0.3, 0.4) is 0 Å². The van der Waals surface area contributed by atoms with E-state index in [1.807, 2.05) is 32.0 Å². The fourth-order valence-electron chi connectivity index (χ4n) is 1.77. The molecule has 3 nitrogen and oxygen atoms in total. The summed E-state index contributed by atoms with van der Waals surface area (Å²) in [4.78, 5) is 11.9. The van der Waals surface area contributed by atoms with Gasteiger partial charge in [0.2, 0.25) is 0 Å². The average molecular weight is 233 g/mol. The van der Waals surface area contributed by atoms with E-state index in [-0.39, 0.29) is 5.78 Å². The van der Waals surface area contributed by atoms with Gasteiger partial charge in [0.25, 0.3) is 0 Å². The predicted octanol–water partition coefficient (Wildman–Crippen LogP) is 2.33. The molecule has 92 valence electrons. The molecule has 1 aliphatic rings. The lowest BCUT2D eigenvalue weighted by Crippen LogP contribution is -2.24. The summed E-state index contributed by atoms with van der Waals surface area (Å²) in [6, 6.07) is 6.20. The second-order valence-corrected chi connectivity index (χ2v) is 4.49. The van der Waals surface area contributed by atoms with E-state index in [4.69, 9.17) is 4.74 Å². The molecule has 0 unspecified atom stereocenters.